The van der Waals surface area contributed by atoms with Gasteiger partial charge in [0, 0.05) is 23.8 Å². The summed E-state index contributed by atoms with van der Waals surface area (Å²) in [5, 5.41) is 0.358. The van der Waals surface area contributed by atoms with Crippen molar-refractivity contribution in [1.29, 1.82) is 0 Å². The zero-order valence-electron chi connectivity index (χ0n) is 16.3. The van der Waals surface area contributed by atoms with Crippen LogP contribution in [-0.2, 0) is 6.42 Å². The van der Waals surface area contributed by atoms with Gasteiger partial charge >= 0.3 is 0 Å². The van der Waals surface area contributed by atoms with Crippen molar-refractivity contribution in [2.45, 2.75) is 6.42 Å². The molecule has 0 aliphatic carbocycles. The average molecular weight is 382 g/mol. The molecule has 3 aromatic rings. The first-order valence-electron chi connectivity index (χ1n) is 8.62. The van der Waals surface area contributed by atoms with Crippen LogP contribution in [-0.4, -0.2) is 28.4 Å². The molecule has 146 valence electrons. The molecule has 1 aromatic heterocycles. The number of rotatable bonds is 7. The summed E-state index contributed by atoms with van der Waals surface area (Å²) in [5.74, 6) is 2.49. The van der Waals surface area contributed by atoms with Crippen LogP contribution in [0.25, 0.3) is 22.3 Å². The zero-order valence-corrected chi connectivity index (χ0v) is 16.3. The summed E-state index contributed by atoms with van der Waals surface area (Å²) in [6.07, 6.45) is 1.99. The van der Waals surface area contributed by atoms with Crippen LogP contribution in [0.2, 0.25) is 0 Å². The van der Waals surface area contributed by atoms with Crippen molar-refractivity contribution in [2.24, 2.45) is 0 Å². The minimum atomic E-state index is -0.187. The van der Waals surface area contributed by atoms with E-state index in [1.165, 1.54) is 14.2 Å². The molecule has 28 heavy (non-hydrogen) atoms. The van der Waals surface area contributed by atoms with Gasteiger partial charge in [-0.1, -0.05) is 6.08 Å². The summed E-state index contributed by atoms with van der Waals surface area (Å²) in [7, 11) is 6.17. The monoisotopic (exact) mass is 382 g/mol. The molecule has 0 saturated heterocycles. The van der Waals surface area contributed by atoms with Crippen LogP contribution in [0.1, 0.15) is 5.56 Å². The van der Waals surface area contributed by atoms with Crippen LogP contribution in [0.5, 0.6) is 23.0 Å². The van der Waals surface area contributed by atoms with Crippen molar-refractivity contribution in [1.82, 2.24) is 0 Å². The minimum Gasteiger partial charge on any atom is -0.497 e. The van der Waals surface area contributed by atoms with E-state index in [9.17, 15) is 4.79 Å². The first-order valence-corrected chi connectivity index (χ1v) is 8.62. The molecule has 0 amide bonds. The lowest BCUT2D eigenvalue weighted by molar-refractivity contribution is 0.394. The number of methoxy groups -OCH3 is 4. The fourth-order valence-corrected chi connectivity index (χ4v) is 3.11. The van der Waals surface area contributed by atoms with E-state index in [1.54, 1.807) is 50.6 Å². The molecule has 0 N–H and O–H groups in total. The lowest BCUT2D eigenvalue weighted by Gasteiger charge is -2.15. The second kappa shape index (κ2) is 8.08. The van der Waals surface area contributed by atoms with Crippen molar-refractivity contribution in [3.63, 3.8) is 0 Å². The van der Waals surface area contributed by atoms with Gasteiger partial charge in [0.15, 0.2) is 0 Å². The highest BCUT2D eigenvalue weighted by Gasteiger charge is 2.21. The van der Waals surface area contributed by atoms with Crippen LogP contribution < -0.4 is 24.4 Å². The standard InChI is InChI=1S/C22H22O6/c1-6-7-16-21(23)20-18(27-5)11-14(25-3)12-19(20)28-22(16)15-9-8-13(24-2)10-17(15)26-4/h6,8-12H,1,7H2,2-5H3. The normalized spacial score (nSPS) is 10.6. The third kappa shape index (κ3) is 3.29. The average Bonchev–Trinajstić information content (AvgIpc) is 2.74. The Labute approximate surface area is 162 Å². The number of hydrogen-bond acceptors (Lipinski definition) is 6. The van der Waals surface area contributed by atoms with Gasteiger partial charge in [-0.15, -0.1) is 6.58 Å². The van der Waals surface area contributed by atoms with Crippen molar-refractivity contribution >= 4 is 11.0 Å². The number of ether oxygens (including phenoxy) is 4. The van der Waals surface area contributed by atoms with Gasteiger partial charge in [0.1, 0.15) is 39.7 Å². The largest absolute Gasteiger partial charge is 0.497 e. The molecule has 3 rings (SSSR count). The fourth-order valence-electron chi connectivity index (χ4n) is 3.11. The van der Waals surface area contributed by atoms with E-state index in [-0.39, 0.29) is 5.43 Å². The van der Waals surface area contributed by atoms with Crippen LogP contribution >= 0.6 is 0 Å². The van der Waals surface area contributed by atoms with E-state index in [2.05, 4.69) is 6.58 Å². The first-order chi connectivity index (χ1) is 13.6. The van der Waals surface area contributed by atoms with Crippen molar-refractivity contribution < 1.29 is 23.4 Å². The molecule has 0 aliphatic rings. The van der Waals surface area contributed by atoms with Gasteiger partial charge in [0.05, 0.1) is 34.0 Å². The van der Waals surface area contributed by atoms with Gasteiger partial charge in [-0.05, 0) is 18.6 Å². The second-order valence-electron chi connectivity index (χ2n) is 6.00. The van der Waals surface area contributed by atoms with Crippen LogP contribution in [0.15, 0.2) is 52.2 Å². The molecule has 6 nitrogen and oxygen atoms in total. The maximum absolute atomic E-state index is 13.3. The molecule has 0 aliphatic heterocycles. The third-order valence-electron chi connectivity index (χ3n) is 4.48. The summed E-state index contributed by atoms with van der Waals surface area (Å²) in [4.78, 5) is 13.3. The lowest BCUT2D eigenvalue weighted by Crippen LogP contribution is -2.12. The lowest BCUT2D eigenvalue weighted by atomic mass is 10.0. The Morgan fingerprint density at radius 1 is 0.929 bits per heavy atom. The van der Waals surface area contributed by atoms with E-state index in [1.807, 2.05) is 0 Å². The molecule has 0 atom stereocenters. The summed E-state index contributed by atoms with van der Waals surface area (Å²) in [6, 6.07) is 8.64. The summed E-state index contributed by atoms with van der Waals surface area (Å²) >= 11 is 0. The molecule has 0 bridgehead atoms. The summed E-state index contributed by atoms with van der Waals surface area (Å²) in [6.45, 7) is 3.77. The van der Waals surface area contributed by atoms with E-state index in [4.69, 9.17) is 23.4 Å². The predicted molar refractivity (Wildman–Crippen MR) is 108 cm³/mol. The summed E-state index contributed by atoms with van der Waals surface area (Å²) < 4.78 is 27.6. The zero-order chi connectivity index (χ0) is 20.3. The first kappa shape index (κ1) is 19.4. The molecule has 0 fully saturated rings. The summed E-state index contributed by atoms with van der Waals surface area (Å²) in [5.41, 5.74) is 1.28. The van der Waals surface area contributed by atoms with Gasteiger partial charge in [-0.2, -0.15) is 0 Å². The maximum atomic E-state index is 13.3. The topological polar surface area (TPSA) is 67.1 Å². The van der Waals surface area contributed by atoms with Gasteiger partial charge in [0.2, 0.25) is 5.43 Å². The third-order valence-corrected chi connectivity index (χ3v) is 4.48. The smallest absolute Gasteiger partial charge is 0.200 e. The highest BCUT2D eigenvalue weighted by molar-refractivity contribution is 5.88. The van der Waals surface area contributed by atoms with Crippen LogP contribution in [0.4, 0.5) is 0 Å². The molecule has 6 heteroatoms. The van der Waals surface area contributed by atoms with Gasteiger partial charge in [0.25, 0.3) is 0 Å². The number of fused-ring (bicyclic) bond motifs is 1. The Hall–Kier alpha value is -3.41. The SMILES string of the molecule is C=CCc1c(-c2ccc(OC)cc2OC)oc2cc(OC)cc(OC)c2c1=O. The highest BCUT2D eigenvalue weighted by Crippen LogP contribution is 2.38. The Morgan fingerprint density at radius 3 is 2.21 bits per heavy atom. The quantitative estimate of drug-likeness (QED) is 0.570. The second-order valence-corrected chi connectivity index (χ2v) is 6.00. The van der Waals surface area contributed by atoms with Gasteiger partial charge in [-0.3, -0.25) is 4.79 Å². The molecule has 0 unspecified atom stereocenters. The predicted octanol–water partition coefficient (Wildman–Crippen LogP) is 4.22. The van der Waals surface area contributed by atoms with Crippen molar-refractivity contribution in [3.05, 3.63) is 58.8 Å². The molecular formula is C22H22O6. The van der Waals surface area contributed by atoms with Crippen molar-refractivity contribution in [2.75, 3.05) is 28.4 Å². The van der Waals surface area contributed by atoms with Crippen LogP contribution in [0, 0.1) is 0 Å². The molecule has 2 aromatic carbocycles. The highest BCUT2D eigenvalue weighted by atomic mass is 16.5. The van der Waals surface area contributed by atoms with E-state index in [0.29, 0.717) is 57.3 Å². The Bertz CT molecular complexity index is 1080. The van der Waals surface area contributed by atoms with E-state index in [0.717, 1.165) is 0 Å². The number of allylic oxidation sites excluding steroid dienone is 1. The molecular weight excluding hydrogens is 360 g/mol. The van der Waals surface area contributed by atoms with E-state index >= 15 is 0 Å². The Kier molecular flexibility index (Phi) is 5.59. The molecule has 0 radical (unpaired) electrons. The van der Waals surface area contributed by atoms with Gasteiger partial charge < -0.3 is 23.4 Å². The van der Waals surface area contributed by atoms with Gasteiger partial charge in [-0.25, -0.2) is 0 Å². The molecule has 1 heterocycles. The van der Waals surface area contributed by atoms with Crippen molar-refractivity contribution in [3.8, 4) is 34.3 Å². The van der Waals surface area contributed by atoms with Crippen LogP contribution in [0.3, 0.4) is 0 Å². The fraction of sp³-hybridized carbons (Fsp3) is 0.227. The minimum absolute atomic E-state index is 0.187. The van der Waals surface area contributed by atoms with E-state index < -0.39 is 0 Å². The maximum Gasteiger partial charge on any atom is 0.200 e. The number of benzene rings is 2. The number of hydrogen-bond donors (Lipinski definition) is 0. The Balaban J connectivity index is 2.41. The molecule has 0 spiro atoms. The Morgan fingerprint density at radius 2 is 1.61 bits per heavy atom. The molecule has 0 saturated carbocycles.